The van der Waals surface area contributed by atoms with E-state index in [2.05, 4.69) is 11.2 Å². The molecule has 2 N–H and O–H groups in total. The molecule has 1 aliphatic rings. The van der Waals surface area contributed by atoms with Crippen LogP contribution in [-0.2, 0) is 13.5 Å². The quantitative estimate of drug-likeness (QED) is 0.822. The molecule has 3 heteroatoms. The lowest BCUT2D eigenvalue weighted by molar-refractivity contribution is 0.302. The number of nitrogens with two attached hydrogens (primary N) is 1. The monoisotopic (exact) mass is 207 g/mol. The molecule has 2 rings (SSSR count). The summed E-state index contributed by atoms with van der Waals surface area (Å²) < 4.78 is 1.85. The molecule has 0 aliphatic heterocycles. The maximum atomic E-state index is 6.24. The fourth-order valence-electron chi connectivity index (χ4n) is 2.54. The van der Waals surface area contributed by atoms with Crippen LogP contribution in [0.2, 0.25) is 0 Å². The summed E-state index contributed by atoms with van der Waals surface area (Å²) in [6.07, 6.45) is 9.67. The second-order valence-corrected chi connectivity index (χ2v) is 4.75. The summed E-state index contributed by atoms with van der Waals surface area (Å²) in [6.45, 7) is 0. The number of hydrogen-bond acceptors (Lipinski definition) is 2. The summed E-state index contributed by atoms with van der Waals surface area (Å²) in [5.74, 6) is 0.723. The standard InChI is InChI=1S/C12H21N3/c1-15-8-7-11(14-15)9-12(13)10-5-3-2-4-6-10/h7-8,10,12H,2-6,9,13H2,1H3. The highest BCUT2D eigenvalue weighted by Gasteiger charge is 2.21. The molecule has 0 bridgehead atoms. The second-order valence-electron chi connectivity index (χ2n) is 4.75. The normalized spacial score (nSPS) is 20.4. The minimum atomic E-state index is 0.306. The zero-order valence-electron chi connectivity index (χ0n) is 9.52. The predicted octanol–water partition coefficient (Wildman–Crippen LogP) is 1.87. The first-order chi connectivity index (χ1) is 7.25. The Morgan fingerprint density at radius 3 is 2.80 bits per heavy atom. The van der Waals surface area contributed by atoms with E-state index < -0.39 is 0 Å². The van der Waals surface area contributed by atoms with Gasteiger partial charge in [-0.15, -0.1) is 0 Å². The molecule has 1 aliphatic carbocycles. The Balaban J connectivity index is 1.88. The lowest BCUT2D eigenvalue weighted by Gasteiger charge is -2.26. The molecule has 0 aromatic carbocycles. The van der Waals surface area contributed by atoms with Crippen LogP contribution in [-0.4, -0.2) is 15.8 Å². The van der Waals surface area contributed by atoms with Crippen LogP contribution >= 0.6 is 0 Å². The van der Waals surface area contributed by atoms with Crippen LogP contribution in [0.1, 0.15) is 37.8 Å². The summed E-state index contributed by atoms with van der Waals surface area (Å²) in [7, 11) is 1.95. The van der Waals surface area contributed by atoms with Gasteiger partial charge in [0.25, 0.3) is 0 Å². The SMILES string of the molecule is Cn1ccc(CC(N)C2CCCCC2)n1. The van der Waals surface area contributed by atoms with Gasteiger partial charge in [-0.3, -0.25) is 4.68 Å². The maximum absolute atomic E-state index is 6.24. The lowest BCUT2D eigenvalue weighted by Crippen LogP contribution is -2.33. The van der Waals surface area contributed by atoms with Crippen LogP contribution < -0.4 is 5.73 Å². The van der Waals surface area contributed by atoms with Crippen molar-refractivity contribution < 1.29 is 0 Å². The maximum Gasteiger partial charge on any atom is 0.0640 e. The van der Waals surface area contributed by atoms with Gasteiger partial charge in [-0.1, -0.05) is 19.3 Å². The van der Waals surface area contributed by atoms with Crippen molar-refractivity contribution in [2.75, 3.05) is 0 Å². The number of aromatic nitrogens is 2. The molecular weight excluding hydrogens is 186 g/mol. The van der Waals surface area contributed by atoms with Crippen molar-refractivity contribution in [3.63, 3.8) is 0 Å². The molecule has 1 aromatic heterocycles. The summed E-state index contributed by atoms with van der Waals surface area (Å²) in [5, 5.41) is 4.38. The van der Waals surface area contributed by atoms with Crippen molar-refractivity contribution in [3.05, 3.63) is 18.0 Å². The predicted molar refractivity (Wildman–Crippen MR) is 61.5 cm³/mol. The molecule has 1 aromatic rings. The molecule has 0 amide bonds. The average molecular weight is 207 g/mol. The summed E-state index contributed by atoms with van der Waals surface area (Å²) in [5.41, 5.74) is 7.38. The van der Waals surface area contributed by atoms with Gasteiger partial charge in [-0.05, 0) is 24.8 Å². The van der Waals surface area contributed by atoms with Gasteiger partial charge >= 0.3 is 0 Å². The van der Waals surface area contributed by atoms with E-state index in [4.69, 9.17) is 5.73 Å². The molecule has 84 valence electrons. The number of hydrogen-bond donors (Lipinski definition) is 1. The van der Waals surface area contributed by atoms with Crippen LogP contribution in [0.3, 0.4) is 0 Å². The molecule has 1 saturated carbocycles. The van der Waals surface area contributed by atoms with E-state index in [-0.39, 0.29) is 0 Å². The highest BCUT2D eigenvalue weighted by molar-refractivity contribution is 5.01. The van der Waals surface area contributed by atoms with E-state index >= 15 is 0 Å². The van der Waals surface area contributed by atoms with Gasteiger partial charge in [0.05, 0.1) is 5.69 Å². The highest BCUT2D eigenvalue weighted by atomic mass is 15.2. The minimum absolute atomic E-state index is 0.306. The lowest BCUT2D eigenvalue weighted by atomic mass is 9.83. The second kappa shape index (κ2) is 4.79. The van der Waals surface area contributed by atoms with Crippen molar-refractivity contribution in [2.24, 2.45) is 18.7 Å². The van der Waals surface area contributed by atoms with E-state index in [0.717, 1.165) is 18.0 Å². The van der Waals surface area contributed by atoms with Crippen LogP contribution in [0.25, 0.3) is 0 Å². The zero-order chi connectivity index (χ0) is 10.7. The van der Waals surface area contributed by atoms with Gasteiger partial charge in [0, 0.05) is 25.7 Å². The topological polar surface area (TPSA) is 43.8 Å². The van der Waals surface area contributed by atoms with Crippen LogP contribution in [0.15, 0.2) is 12.3 Å². The molecule has 15 heavy (non-hydrogen) atoms. The zero-order valence-corrected chi connectivity index (χ0v) is 9.52. The smallest absolute Gasteiger partial charge is 0.0640 e. The molecule has 3 nitrogen and oxygen atoms in total. The Kier molecular flexibility index (Phi) is 3.41. The van der Waals surface area contributed by atoms with Crippen LogP contribution in [0.4, 0.5) is 0 Å². The van der Waals surface area contributed by atoms with Crippen LogP contribution in [0, 0.1) is 5.92 Å². The minimum Gasteiger partial charge on any atom is -0.327 e. The molecule has 0 radical (unpaired) electrons. The molecular formula is C12H21N3. The van der Waals surface area contributed by atoms with Crippen molar-refractivity contribution in [1.82, 2.24) is 9.78 Å². The first-order valence-electron chi connectivity index (χ1n) is 6.00. The van der Waals surface area contributed by atoms with E-state index in [1.807, 2.05) is 17.9 Å². The Morgan fingerprint density at radius 1 is 1.47 bits per heavy atom. The van der Waals surface area contributed by atoms with E-state index in [9.17, 15) is 0 Å². The molecule has 0 spiro atoms. The van der Waals surface area contributed by atoms with Gasteiger partial charge < -0.3 is 5.73 Å². The Labute approximate surface area is 91.7 Å². The Bertz CT molecular complexity index is 300. The highest BCUT2D eigenvalue weighted by Crippen LogP contribution is 2.26. The summed E-state index contributed by atoms with van der Waals surface area (Å²) >= 11 is 0. The fraction of sp³-hybridized carbons (Fsp3) is 0.750. The van der Waals surface area contributed by atoms with Crippen molar-refractivity contribution >= 4 is 0 Å². The fourth-order valence-corrected chi connectivity index (χ4v) is 2.54. The molecule has 1 unspecified atom stereocenters. The van der Waals surface area contributed by atoms with Gasteiger partial charge in [-0.2, -0.15) is 5.10 Å². The summed E-state index contributed by atoms with van der Waals surface area (Å²) in [4.78, 5) is 0. The van der Waals surface area contributed by atoms with Gasteiger partial charge in [-0.25, -0.2) is 0 Å². The first-order valence-corrected chi connectivity index (χ1v) is 6.00. The van der Waals surface area contributed by atoms with Gasteiger partial charge in [0.1, 0.15) is 0 Å². The largest absolute Gasteiger partial charge is 0.327 e. The van der Waals surface area contributed by atoms with E-state index in [1.54, 1.807) is 0 Å². The Hall–Kier alpha value is -0.830. The van der Waals surface area contributed by atoms with Gasteiger partial charge in [0.15, 0.2) is 0 Å². The van der Waals surface area contributed by atoms with Gasteiger partial charge in [0.2, 0.25) is 0 Å². The van der Waals surface area contributed by atoms with Crippen molar-refractivity contribution in [3.8, 4) is 0 Å². The molecule has 1 atom stereocenters. The third kappa shape index (κ3) is 2.81. The van der Waals surface area contributed by atoms with Crippen LogP contribution in [0.5, 0.6) is 0 Å². The average Bonchev–Trinajstić information content (AvgIpc) is 2.65. The summed E-state index contributed by atoms with van der Waals surface area (Å²) in [6, 6.07) is 2.38. The number of aryl methyl sites for hydroxylation is 1. The number of rotatable bonds is 3. The third-order valence-corrected chi connectivity index (χ3v) is 3.47. The van der Waals surface area contributed by atoms with Crippen molar-refractivity contribution in [1.29, 1.82) is 0 Å². The third-order valence-electron chi connectivity index (χ3n) is 3.47. The van der Waals surface area contributed by atoms with Crippen molar-refractivity contribution in [2.45, 2.75) is 44.6 Å². The first kappa shape index (κ1) is 10.7. The van der Waals surface area contributed by atoms with E-state index in [1.165, 1.54) is 32.1 Å². The molecule has 1 fully saturated rings. The molecule has 0 saturated heterocycles. The molecule has 1 heterocycles. The van der Waals surface area contributed by atoms with E-state index in [0.29, 0.717) is 6.04 Å². The number of nitrogens with zero attached hydrogens (tertiary/aromatic N) is 2. The Morgan fingerprint density at radius 2 is 2.20 bits per heavy atom.